The van der Waals surface area contributed by atoms with Crippen molar-refractivity contribution in [2.45, 2.75) is 6.92 Å². The molecule has 1 N–H and O–H groups in total. The van der Waals surface area contributed by atoms with Crippen LogP contribution in [0.15, 0.2) is 65.3 Å². The van der Waals surface area contributed by atoms with Gasteiger partial charge in [-0.05, 0) is 36.8 Å². The van der Waals surface area contributed by atoms with E-state index in [1.54, 1.807) is 37.3 Å². The molecule has 0 fully saturated rings. The lowest BCUT2D eigenvalue weighted by Crippen LogP contribution is -2.21. The number of amides is 1. The number of nitrogens with zero attached hydrogens (tertiary/aromatic N) is 3. The van der Waals surface area contributed by atoms with Gasteiger partial charge in [-0.3, -0.25) is 14.9 Å². The van der Waals surface area contributed by atoms with Crippen LogP contribution >= 0.6 is 11.6 Å². The first kappa shape index (κ1) is 20.0. The van der Waals surface area contributed by atoms with E-state index in [2.05, 4.69) is 5.10 Å². The summed E-state index contributed by atoms with van der Waals surface area (Å²) in [6.45, 7) is 1.65. The SMILES string of the molecule is CC1=NN(c2ccc(Cl)c(C(=O)O)c2)C(=O)C1=CC=Cc1cccc([N+](=O)[O-])c1. The van der Waals surface area contributed by atoms with Crippen LogP contribution in [0.5, 0.6) is 0 Å². The molecule has 0 unspecified atom stereocenters. The number of carboxylic acids is 1. The van der Waals surface area contributed by atoms with Crippen LogP contribution in [0.1, 0.15) is 22.8 Å². The van der Waals surface area contributed by atoms with E-state index in [4.69, 9.17) is 11.6 Å². The Balaban J connectivity index is 1.85. The number of nitro benzene ring substituents is 1. The van der Waals surface area contributed by atoms with Crippen molar-refractivity contribution in [2.75, 3.05) is 5.01 Å². The van der Waals surface area contributed by atoms with E-state index < -0.39 is 16.8 Å². The molecule has 2 aromatic carbocycles. The molecule has 0 bridgehead atoms. The van der Waals surface area contributed by atoms with Gasteiger partial charge < -0.3 is 5.11 Å². The zero-order valence-corrected chi connectivity index (χ0v) is 15.8. The third-order valence-corrected chi connectivity index (χ3v) is 4.45. The maximum atomic E-state index is 12.7. The summed E-state index contributed by atoms with van der Waals surface area (Å²) >= 11 is 5.87. The highest BCUT2D eigenvalue weighted by Gasteiger charge is 2.29. The molecule has 1 aliphatic heterocycles. The van der Waals surface area contributed by atoms with Gasteiger partial charge in [0, 0.05) is 12.1 Å². The minimum atomic E-state index is -1.21. The number of carboxylic acid groups (broad SMARTS) is 1. The van der Waals surface area contributed by atoms with E-state index in [1.165, 1.54) is 30.3 Å². The van der Waals surface area contributed by atoms with Crippen LogP contribution in [0.25, 0.3) is 6.08 Å². The van der Waals surface area contributed by atoms with Crippen molar-refractivity contribution in [2.24, 2.45) is 5.10 Å². The molecule has 8 nitrogen and oxygen atoms in total. The number of non-ortho nitro benzene ring substituents is 1. The topological polar surface area (TPSA) is 113 Å². The highest BCUT2D eigenvalue weighted by molar-refractivity contribution is 6.34. The van der Waals surface area contributed by atoms with Gasteiger partial charge in [-0.1, -0.05) is 35.9 Å². The summed E-state index contributed by atoms with van der Waals surface area (Å²) in [5, 5.41) is 25.4. The normalized spacial score (nSPS) is 15.2. The number of carbonyl (C=O) groups excluding carboxylic acids is 1. The van der Waals surface area contributed by atoms with Gasteiger partial charge in [0.25, 0.3) is 11.6 Å². The number of aromatic carboxylic acids is 1. The average Bonchev–Trinajstić information content (AvgIpc) is 2.96. The average molecular weight is 412 g/mol. The second-order valence-electron chi connectivity index (χ2n) is 6.06. The minimum Gasteiger partial charge on any atom is -0.478 e. The van der Waals surface area contributed by atoms with Crippen LogP contribution in [-0.2, 0) is 4.79 Å². The van der Waals surface area contributed by atoms with Crippen molar-refractivity contribution in [3.05, 3.63) is 86.5 Å². The molecule has 0 aliphatic carbocycles. The first-order valence-electron chi connectivity index (χ1n) is 8.33. The molecule has 1 amide bonds. The summed E-state index contributed by atoms with van der Waals surface area (Å²) in [6, 6.07) is 10.3. The predicted molar refractivity (Wildman–Crippen MR) is 109 cm³/mol. The Morgan fingerprint density at radius 1 is 1.28 bits per heavy atom. The van der Waals surface area contributed by atoms with Gasteiger partial charge in [0.15, 0.2) is 0 Å². The van der Waals surface area contributed by atoms with Gasteiger partial charge in [0.1, 0.15) is 0 Å². The third-order valence-electron chi connectivity index (χ3n) is 4.12. The van der Waals surface area contributed by atoms with Crippen molar-refractivity contribution >= 4 is 46.6 Å². The maximum absolute atomic E-state index is 12.7. The molecule has 0 spiro atoms. The smallest absolute Gasteiger partial charge is 0.337 e. The first-order chi connectivity index (χ1) is 13.8. The quantitative estimate of drug-likeness (QED) is 0.447. The fourth-order valence-corrected chi connectivity index (χ4v) is 2.89. The largest absolute Gasteiger partial charge is 0.478 e. The number of allylic oxidation sites excluding steroid dienone is 2. The Hall–Kier alpha value is -3.78. The Morgan fingerprint density at radius 2 is 2.03 bits per heavy atom. The number of hydrogen-bond donors (Lipinski definition) is 1. The summed E-state index contributed by atoms with van der Waals surface area (Å²) in [6.07, 6.45) is 4.78. The van der Waals surface area contributed by atoms with E-state index in [1.807, 2.05) is 0 Å². The summed E-state index contributed by atoms with van der Waals surface area (Å²) in [7, 11) is 0. The lowest BCUT2D eigenvalue weighted by atomic mass is 10.1. The number of hydrogen-bond acceptors (Lipinski definition) is 5. The molecule has 29 heavy (non-hydrogen) atoms. The van der Waals surface area contributed by atoms with Crippen molar-refractivity contribution in [1.29, 1.82) is 0 Å². The van der Waals surface area contributed by atoms with Gasteiger partial charge >= 0.3 is 5.97 Å². The summed E-state index contributed by atoms with van der Waals surface area (Å²) in [4.78, 5) is 34.3. The lowest BCUT2D eigenvalue weighted by molar-refractivity contribution is -0.384. The molecule has 3 rings (SSSR count). The number of hydrazone groups is 1. The summed E-state index contributed by atoms with van der Waals surface area (Å²) in [5.41, 5.74) is 1.49. The molecule has 0 saturated heterocycles. The zero-order chi connectivity index (χ0) is 21.1. The van der Waals surface area contributed by atoms with E-state index in [0.29, 0.717) is 16.8 Å². The van der Waals surface area contributed by atoms with Crippen LogP contribution in [0, 0.1) is 10.1 Å². The number of nitro groups is 1. The molecule has 146 valence electrons. The molecule has 0 aromatic heterocycles. The van der Waals surface area contributed by atoms with Crippen LogP contribution in [-0.4, -0.2) is 27.6 Å². The van der Waals surface area contributed by atoms with E-state index in [0.717, 1.165) is 5.01 Å². The van der Waals surface area contributed by atoms with E-state index in [-0.39, 0.29) is 22.0 Å². The molecular weight excluding hydrogens is 398 g/mol. The number of rotatable bonds is 5. The van der Waals surface area contributed by atoms with Crippen molar-refractivity contribution < 1.29 is 19.6 Å². The lowest BCUT2D eigenvalue weighted by Gasteiger charge is -2.12. The molecular formula is C20H14ClN3O5. The number of benzene rings is 2. The van der Waals surface area contributed by atoms with Crippen molar-refractivity contribution in [3.8, 4) is 0 Å². The molecule has 1 aliphatic rings. The zero-order valence-electron chi connectivity index (χ0n) is 15.1. The summed E-state index contributed by atoms with van der Waals surface area (Å²) in [5.74, 6) is -1.63. The molecule has 1 heterocycles. The van der Waals surface area contributed by atoms with Gasteiger partial charge in [-0.25, -0.2) is 4.79 Å². The highest BCUT2D eigenvalue weighted by Crippen LogP contribution is 2.28. The van der Waals surface area contributed by atoms with Crippen molar-refractivity contribution in [3.63, 3.8) is 0 Å². The Bertz CT molecular complexity index is 1120. The van der Waals surface area contributed by atoms with Crippen molar-refractivity contribution in [1.82, 2.24) is 0 Å². The predicted octanol–water partition coefficient (Wildman–Crippen LogP) is 4.31. The third kappa shape index (κ3) is 4.22. The Kier molecular flexibility index (Phi) is 5.56. The number of carbonyl (C=O) groups is 2. The fourth-order valence-electron chi connectivity index (χ4n) is 2.69. The van der Waals surface area contributed by atoms with Crippen LogP contribution in [0.4, 0.5) is 11.4 Å². The van der Waals surface area contributed by atoms with Crippen LogP contribution in [0.2, 0.25) is 5.02 Å². The van der Waals surface area contributed by atoms with Crippen LogP contribution in [0.3, 0.4) is 0 Å². The minimum absolute atomic E-state index is 0.0300. The molecule has 0 saturated carbocycles. The molecule has 9 heteroatoms. The second kappa shape index (κ2) is 8.07. The van der Waals surface area contributed by atoms with Gasteiger partial charge in [0.05, 0.1) is 32.5 Å². The fraction of sp³-hybridized carbons (Fsp3) is 0.0500. The monoisotopic (exact) mass is 411 g/mol. The van der Waals surface area contributed by atoms with E-state index >= 15 is 0 Å². The Labute approximate surface area is 170 Å². The van der Waals surface area contributed by atoms with E-state index in [9.17, 15) is 24.8 Å². The maximum Gasteiger partial charge on any atom is 0.337 e. The standard InChI is InChI=1S/C20H14ClN3O5/c1-12-16(7-3-5-13-4-2-6-15(10-13)24(28)29)19(25)23(22-12)14-8-9-18(21)17(11-14)20(26)27/h2-11H,1H3,(H,26,27). The number of anilines is 1. The van der Waals surface area contributed by atoms with Gasteiger partial charge in [0.2, 0.25) is 0 Å². The summed E-state index contributed by atoms with van der Waals surface area (Å²) < 4.78 is 0. The molecule has 2 aromatic rings. The molecule has 0 radical (unpaired) electrons. The second-order valence-corrected chi connectivity index (χ2v) is 6.47. The Morgan fingerprint density at radius 3 is 2.72 bits per heavy atom. The van der Waals surface area contributed by atoms with Gasteiger partial charge in [-0.2, -0.15) is 10.1 Å². The molecule has 0 atom stereocenters. The van der Waals surface area contributed by atoms with Crippen LogP contribution < -0.4 is 5.01 Å². The highest BCUT2D eigenvalue weighted by atomic mass is 35.5. The first-order valence-corrected chi connectivity index (χ1v) is 8.71. The van der Waals surface area contributed by atoms with Gasteiger partial charge in [-0.15, -0.1) is 0 Å². The number of halogens is 1.